The molecule has 9 heteroatoms. The van der Waals surface area contributed by atoms with Crippen molar-refractivity contribution in [2.75, 3.05) is 23.9 Å². The van der Waals surface area contributed by atoms with E-state index in [1.54, 1.807) is 36.4 Å². The predicted molar refractivity (Wildman–Crippen MR) is 99.8 cm³/mol. The molecular weight excluding hydrogens is 370 g/mol. The molecule has 2 N–H and O–H groups in total. The van der Waals surface area contributed by atoms with Gasteiger partial charge in [0.1, 0.15) is 5.69 Å². The molecule has 1 fully saturated rings. The van der Waals surface area contributed by atoms with Gasteiger partial charge in [-0.25, -0.2) is 13.2 Å². The van der Waals surface area contributed by atoms with E-state index in [-0.39, 0.29) is 23.2 Å². The first-order valence-electron chi connectivity index (χ1n) is 8.29. The fourth-order valence-electron chi connectivity index (χ4n) is 2.77. The standard InChI is InChI=1S/C18H19N3O5S/c1-26-18(23)12-2-4-13(5-3-12)20-14-6-8-19-16(10-14)17(22)21-15-7-9-27(24,25)11-15/h2-6,8,10,15H,7,9,11H2,1H3,(H,19,20)(H,21,22). The summed E-state index contributed by atoms with van der Waals surface area (Å²) in [6.45, 7) is 0. The van der Waals surface area contributed by atoms with E-state index in [0.29, 0.717) is 17.7 Å². The van der Waals surface area contributed by atoms with E-state index < -0.39 is 21.7 Å². The second-order valence-corrected chi connectivity index (χ2v) is 8.43. The van der Waals surface area contributed by atoms with Crippen LogP contribution in [0.5, 0.6) is 0 Å². The second-order valence-electron chi connectivity index (χ2n) is 6.20. The lowest BCUT2D eigenvalue weighted by Crippen LogP contribution is -2.36. The van der Waals surface area contributed by atoms with Crippen molar-refractivity contribution in [3.63, 3.8) is 0 Å². The number of nitrogens with zero attached hydrogens (tertiary/aromatic N) is 1. The Morgan fingerprint density at radius 1 is 1.15 bits per heavy atom. The first-order valence-corrected chi connectivity index (χ1v) is 10.1. The zero-order valence-corrected chi connectivity index (χ0v) is 15.5. The normalized spacial score (nSPS) is 17.9. The van der Waals surface area contributed by atoms with Gasteiger partial charge >= 0.3 is 5.97 Å². The summed E-state index contributed by atoms with van der Waals surface area (Å²) >= 11 is 0. The summed E-state index contributed by atoms with van der Waals surface area (Å²) in [4.78, 5) is 27.8. The predicted octanol–water partition coefficient (Wildman–Crippen LogP) is 1.53. The molecule has 1 aromatic carbocycles. The lowest BCUT2D eigenvalue weighted by molar-refractivity contribution is 0.0600. The molecule has 1 amide bonds. The van der Waals surface area contributed by atoms with Gasteiger partial charge in [-0.05, 0) is 42.8 Å². The van der Waals surface area contributed by atoms with Crippen LogP contribution >= 0.6 is 0 Å². The molecule has 1 aliphatic rings. The van der Waals surface area contributed by atoms with Gasteiger partial charge in [0.2, 0.25) is 0 Å². The molecule has 3 rings (SSSR count). The Hall–Kier alpha value is -2.94. The zero-order valence-electron chi connectivity index (χ0n) is 14.6. The Balaban J connectivity index is 1.66. The average Bonchev–Trinajstić information content (AvgIpc) is 3.00. The van der Waals surface area contributed by atoms with Crippen LogP contribution in [-0.2, 0) is 14.6 Å². The number of hydrogen-bond donors (Lipinski definition) is 2. The number of amides is 1. The maximum absolute atomic E-state index is 12.3. The number of nitrogens with one attached hydrogen (secondary N) is 2. The van der Waals surface area contributed by atoms with Gasteiger partial charge in [0, 0.05) is 23.6 Å². The lowest BCUT2D eigenvalue weighted by atomic mass is 10.2. The van der Waals surface area contributed by atoms with E-state index in [1.807, 2.05) is 0 Å². The van der Waals surface area contributed by atoms with Crippen molar-refractivity contribution in [2.24, 2.45) is 0 Å². The molecule has 0 spiro atoms. The molecule has 1 aliphatic heterocycles. The summed E-state index contributed by atoms with van der Waals surface area (Å²) in [7, 11) is -1.75. The summed E-state index contributed by atoms with van der Waals surface area (Å²) in [6, 6.07) is 9.59. The van der Waals surface area contributed by atoms with Gasteiger partial charge in [-0.3, -0.25) is 9.78 Å². The fourth-order valence-corrected chi connectivity index (χ4v) is 4.45. The summed E-state index contributed by atoms with van der Waals surface area (Å²) in [5.41, 5.74) is 1.99. The topological polar surface area (TPSA) is 114 Å². The quantitative estimate of drug-likeness (QED) is 0.745. The third kappa shape index (κ3) is 4.82. The minimum absolute atomic E-state index is 0.0385. The van der Waals surface area contributed by atoms with Gasteiger partial charge in [0.15, 0.2) is 9.84 Å². The number of esters is 1. The Morgan fingerprint density at radius 2 is 1.89 bits per heavy atom. The van der Waals surface area contributed by atoms with Crippen molar-refractivity contribution in [3.8, 4) is 0 Å². The Bertz CT molecular complexity index is 957. The molecule has 0 aliphatic carbocycles. The number of pyridine rings is 1. The molecule has 0 saturated carbocycles. The molecule has 0 radical (unpaired) electrons. The number of carbonyl (C=O) groups excluding carboxylic acids is 2. The highest BCUT2D eigenvalue weighted by atomic mass is 32.2. The van der Waals surface area contributed by atoms with Crippen molar-refractivity contribution in [1.82, 2.24) is 10.3 Å². The number of methoxy groups -OCH3 is 1. The van der Waals surface area contributed by atoms with Gasteiger partial charge in [0.05, 0.1) is 24.2 Å². The number of aromatic nitrogens is 1. The van der Waals surface area contributed by atoms with Crippen LogP contribution in [0.2, 0.25) is 0 Å². The maximum atomic E-state index is 12.3. The summed E-state index contributed by atoms with van der Waals surface area (Å²) < 4.78 is 27.6. The lowest BCUT2D eigenvalue weighted by Gasteiger charge is -2.12. The Labute approximate surface area is 156 Å². The van der Waals surface area contributed by atoms with Crippen LogP contribution in [0.25, 0.3) is 0 Å². The van der Waals surface area contributed by atoms with Crippen molar-refractivity contribution in [1.29, 1.82) is 0 Å². The minimum Gasteiger partial charge on any atom is -0.465 e. The molecule has 2 aromatic rings. The van der Waals surface area contributed by atoms with E-state index >= 15 is 0 Å². The third-order valence-electron chi connectivity index (χ3n) is 4.15. The molecule has 1 aromatic heterocycles. The number of benzene rings is 1. The molecule has 8 nitrogen and oxygen atoms in total. The smallest absolute Gasteiger partial charge is 0.337 e. The van der Waals surface area contributed by atoms with Gasteiger partial charge in [0.25, 0.3) is 5.91 Å². The molecule has 142 valence electrons. The highest BCUT2D eigenvalue weighted by Gasteiger charge is 2.29. The van der Waals surface area contributed by atoms with Gasteiger partial charge < -0.3 is 15.4 Å². The number of ether oxygens (including phenoxy) is 1. The number of sulfone groups is 1. The Morgan fingerprint density at radius 3 is 2.52 bits per heavy atom. The maximum Gasteiger partial charge on any atom is 0.337 e. The average molecular weight is 389 g/mol. The minimum atomic E-state index is -3.06. The highest BCUT2D eigenvalue weighted by Crippen LogP contribution is 2.18. The van der Waals surface area contributed by atoms with Crippen molar-refractivity contribution >= 4 is 33.1 Å². The van der Waals surface area contributed by atoms with E-state index in [9.17, 15) is 18.0 Å². The number of anilines is 2. The summed E-state index contributed by atoms with van der Waals surface area (Å²) in [5, 5.41) is 5.83. The van der Waals surface area contributed by atoms with Crippen LogP contribution in [0.4, 0.5) is 11.4 Å². The van der Waals surface area contributed by atoms with Gasteiger partial charge in [-0.15, -0.1) is 0 Å². The van der Waals surface area contributed by atoms with Crippen LogP contribution in [0.1, 0.15) is 27.3 Å². The van der Waals surface area contributed by atoms with Crippen LogP contribution in [0.3, 0.4) is 0 Å². The van der Waals surface area contributed by atoms with Crippen molar-refractivity contribution in [3.05, 3.63) is 53.9 Å². The summed E-state index contributed by atoms with van der Waals surface area (Å²) in [6.07, 6.45) is 1.91. The monoisotopic (exact) mass is 389 g/mol. The first-order chi connectivity index (χ1) is 12.9. The molecule has 1 atom stereocenters. The van der Waals surface area contributed by atoms with E-state index in [2.05, 4.69) is 20.4 Å². The summed E-state index contributed by atoms with van der Waals surface area (Å²) in [5.74, 6) is -0.780. The van der Waals surface area contributed by atoms with E-state index in [4.69, 9.17) is 0 Å². The van der Waals surface area contributed by atoms with Crippen LogP contribution in [0, 0.1) is 0 Å². The Kier molecular flexibility index (Phi) is 5.41. The van der Waals surface area contributed by atoms with Crippen molar-refractivity contribution in [2.45, 2.75) is 12.5 Å². The van der Waals surface area contributed by atoms with Crippen LogP contribution < -0.4 is 10.6 Å². The third-order valence-corrected chi connectivity index (χ3v) is 5.92. The largest absolute Gasteiger partial charge is 0.465 e. The molecule has 1 unspecified atom stereocenters. The molecule has 1 saturated heterocycles. The SMILES string of the molecule is COC(=O)c1ccc(Nc2ccnc(C(=O)NC3CCS(=O)(=O)C3)c2)cc1. The van der Waals surface area contributed by atoms with E-state index in [0.717, 1.165) is 5.69 Å². The van der Waals surface area contributed by atoms with Gasteiger partial charge in [-0.1, -0.05) is 0 Å². The zero-order chi connectivity index (χ0) is 19.4. The number of rotatable bonds is 5. The second kappa shape index (κ2) is 7.75. The molecular formula is C18H19N3O5S. The molecule has 2 heterocycles. The number of hydrogen-bond acceptors (Lipinski definition) is 7. The van der Waals surface area contributed by atoms with Crippen molar-refractivity contribution < 1.29 is 22.7 Å². The highest BCUT2D eigenvalue weighted by molar-refractivity contribution is 7.91. The molecule has 0 bridgehead atoms. The molecule has 27 heavy (non-hydrogen) atoms. The van der Waals surface area contributed by atoms with E-state index in [1.165, 1.54) is 13.3 Å². The fraction of sp³-hybridized carbons (Fsp3) is 0.278. The van der Waals surface area contributed by atoms with Gasteiger partial charge in [-0.2, -0.15) is 0 Å². The first kappa shape index (κ1) is 18.8. The van der Waals surface area contributed by atoms with Crippen LogP contribution in [-0.4, -0.2) is 49.9 Å². The number of carbonyl (C=O) groups is 2. The van der Waals surface area contributed by atoms with Crippen LogP contribution in [0.15, 0.2) is 42.6 Å².